The summed E-state index contributed by atoms with van der Waals surface area (Å²) in [4.78, 5) is 11.7. The smallest absolute Gasteiger partial charge is 0.401 e. The van der Waals surface area contributed by atoms with Gasteiger partial charge in [-0.15, -0.1) is 0 Å². The molecule has 0 amide bonds. The Morgan fingerprint density at radius 2 is 1.96 bits per heavy atom. The molecule has 4 N–H and O–H groups in total. The fourth-order valence-electron chi connectivity index (χ4n) is 1.83. The minimum atomic E-state index is -4.54. The van der Waals surface area contributed by atoms with Gasteiger partial charge in [0.15, 0.2) is 0 Å². The Morgan fingerprint density at radius 3 is 2.48 bits per heavy atom. The van der Waals surface area contributed by atoms with Gasteiger partial charge in [-0.2, -0.15) is 18.2 Å². The number of nitrogens with one attached hydrogen (secondary N) is 2. The topological polar surface area (TPSA) is 88.8 Å². The molecule has 0 aliphatic rings. The second-order valence-corrected chi connectivity index (χ2v) is 4.60. The number of rotatable bonds is 4. The van der Waals surface area contributed by atoms with Crippen molar-refractivity contribution in [2.75, 3.05) is 17.7 Å². The first-order chi connectivity index (χ1) is 10.8. The molecule has 0 bridgehead atoms. The van der Waals surface area contributed by atoms with E-state index in [4.69, 9.17) is 5.73 Å². The lowest BCUT2D eigenvalue weighted by molar-refractivity contribution is -0.137. The minimum Gasteiger partial charge on any atom is -0.401 e. The van der Waals surface area contributed by atoms with Crippen molar-refractivity contribution in [2.24, 2.45) is 5.73 Å². The SMILES string of the molecule is CNc1nc(N/C(=C(\C)N)c2ccccn2)ncc1C(F)(F)F. The zero-order valence-electron chi connectivity index (χ0n) is 12.4. The van der Waals surface area contributed by atoms with Gasteiger partial charge < -0.3 is 16.4 Å². The fourth-order valence-corrected chi connectivity index (χ4v) is 1.83. The average molecular weight is 324 g/mol. The Balaban J connectivity index is 2.38. The van der Waals surface area contributed by atoms with E-state index in [-0.39, 0.29) is 11.8 Å². The van der Waals surface area contributed by atoms with Crippen LogP contribution in [0.25, 0.3) is 5.70 Å². The van der Waals surface area contributed by atoms with Crippen LogP contribution in [-0.4, -0.2) is 22.0 Å². The third-order valence-electron chi connectivity index (χ3n) is 2.88. The lowest BCUT2D eigenvalue weighted by Gasteiger charge is -2.14. The third kappa shape index (κ3) is 3.87. The molecule has 0 aromatic carbocycles. The van der Waals surface area contributed by atoms with Crippen molar-refractivity contribution in [3.63, 3.8) is 0 Å². The Hall–Kier alpha value is -2.84. The van der Waals surface area contributed by atoms with E-state index in [1.807, 2.05) is 0 Å². The summed E-state index contributed by atoms with van der Waals surface area (Å²) in [5, 5.41) is 5.22. The molecule has 2 rings (SSSR count). The van der Waals surface area contributed by atoms with Gasteiger partial charge in [0.2, 0.25) is 5.95 Å². The number of pyridine rings is 1. The second-order valence-electron chi connectivity index (χ2n) is 4.60. The van der Waals surface area contributed by atoms with Gasteiger partial charge in [0.05, 0.1) is 11.4 Å². The number of hydrogen-bond acceptors (Lipinski definition) is 6. The van der Waals surface area contributed by atoms with Crippen LogP contribution in [0.15, 0.2) is 36.3 Å². The Bertz CT molecular complexity index is 708. The third-order valence-corrected chi connectivity index (χ3v) is 2.88. The van der Waals surface area contributed by atoms with Crippen LogP contribution in [0.4, 0.5) is 24.9 Å². The van der Waals surface area contributed by atoms with E-state index in [0.29, 0.717) is 23.3 Å². The van der Waals surface area contributed by atoms with Crippen molar-refractivity contribution in [3.8, 4) is 0 Å². The van der Waals surface area contributed by atoms with Crippen LogP contribution in [0.3, 0.4) is 0 Å². The van der Waals surface area contributed by atoms with E-state index in [1.54, 1.807) is 31.3 Å². The highest BCUT2D eigenvalue weighted by Crippen LogP contribution is 2.33. The van der Waals surface area contributed by atoms with Crippen LogP contribution in [0.5, 0.6) is 0 Å². The molecule has 0 fully saturated rings. The van der Waals surface area contributed by atoms with Crippen molar-refractivity contribution >= 4 is 17.5 Å². The highest BCUT2D eigenvalue weighted by atomic mass is 19.4. The number of aromatic nitrogens is 3. The van der Waals surface area contributed by atoms with Crippen LogP contribution in [0, 0.1) is 0 Å². The number of nitrogens with zero attached hydrogens (tertiary/aromatic N) is 3. The summed E-state index contributed by atoms with van der Waals surface area (Å²) in [6.45, 7) is 1.64. The van der Waals surface area contributed by atoms with Crippen molar-refractivity contribution < 1.29 is 13.2 Å². The maximum atomic E-state index is 12.8. The molecule has 0 saturated heterocycles. The fraction of sp³-hybridized carbons (Fsp3) is 0.214. The summed E-state index contributed by atoms with van der Waals surface area (Å²) in [5.74, 6) is -0.349. The molecule has 6 nitrogen and oxygen atoms in total. The van der Waals surface area contributed by atoms with Crippen molar-refractivity contribution in [1.82, 2.24) is 15.0 Å². The largest absolute Gasteiger partial charge is 0.421 e. The summed E-state index contributed by atoms with van der Waals surface area (Å²) < 4.78 is 38.5. The van der Waals surface area contributed by atoms with E-state index in [2.05, 4.69) is 25.6 Å². The second kappa shape index (κ2) is 6.51. The number of hydrogen-bond donors (Lipinski definition) is 3. The van der Waals surface area contributed by atoms with Crippen LogP contribution < -0.4 is 16.4 Å². The zero-order chi connectivity index (χ0) is 17.0. The van der Waals surface area contributed by atoms with Gasteiger partial charge in [0.25, 0.3) is 0 Å². The molecule has 0 radical (unpaired) electrons. The Labute approximate surface area is 130 Å². The average Bonchev–Trinajstić information content (AvgIpc) is 2.52. The molecular weight excluding hydrogens is 309 g/mol. The monoisotopic (exact) mass is 324 g/mol. The maximum absolute atomic E-state index is 12.8. The number of nitrogens with two attached hydrogens (primary N) is 1. The van der Waals surface area contributed by atoms with Gasteiger partial charge in [0, 0.05) is 25.1 Å². The zero-order valence-corrected chi connectivity index (χ0v) is 12.4. The molecule has 2 aromatic rings. The summed E-state index contributed by atoms with van der Waals surface area (Å²) in [6, 6.07) is 5.21. The highest BCUT2D eigenvalue weighted by Gasteiger charge is 2.35. The molecular formula is C14H15F3N6. The number of anilines is 2. The first kappa shape index (κ1) is 16.5. The summed E-state index contributed by atoms with van der Waals surface area (Å²) in [6.07, 6.45) is -2.25. The first-order valence-corrected chi connectivity index (χ1v) is 6.59. The lowest BCUT2D eigenvalue weighted by atomic mass is 10.2. The van der Waals surface area contributed by atoms with Gasteiger partial charge in [-0.25, -0.2) is 4.98 Å². The van der Waals surface area contributed by atoms with Gasteiger partial charge in [0.1, 0.15) is 11.4 Å². The van der Waals surface area contributed by atoms with Gasteiger partial charge >= 0.3 is 6.18 Å². The molecule has 2 aromatic heterocycles. The molecule has 0 saturated carbocycles. The van der Waals surface area contributed by atoms with E-state index >= 15 is 0 Å². The normalized spacial score (nSPS) is 12.6. The Morgan fingerprint density at radius 1 is 1.22 bits per heavy atom. The van der Waals surface area contributed by atoms with E-state index in [0.717, 1.165) is 0 Å². The molecule has 2 heterocycles. The van der Waals surface area contributed by atoms with Crippen molar-refractivity contribution in [2.45, 2.75) is 13.1 Å². The molecule has 0 aliphatic carbocycles. The summed E-state index contributed by atoms with van der Waals surface area (Å²) in [5.41, 5.74) is 6.22. The van der Waals surface area contributed by atoms with Crippen molar-refractivity contribution in [1.29, 1.82) is 0 Å². The van der Waals surface area contributed by atoms with Crippen LogP contribution in [-0.2, 0) is 6.18 Å². The highest BCUT2D eigenvalue weighted by molar-refractivity contribution is 5.74. The Kier molecular flexibility index (Phi) is 4.68. The van der Waals surface area contributed by atoms with E-state index in [1.165, 1.54) is 7.05 Å². The molecule has 0 spiro atoms. The minimum absolute atomic E-state index is 0.0206. The molecule has 0 unspecified atom stereocenters. The van der Waals surface area contributed by atoms with Gasteiger partial charge in [-0.3, -0.25) is 4.98 Å². The molecule has 0 atom stereocenters. The summed E-state index contributed by atoms with van der Waals surface area (Å²) in [7, 11) is 1.35. The molecule has 122 valence electrons. The van der Waals surface area contributed by atoms with Crippen LogP contribution >= 0.6 is 0 Å². The maximum Gasteiger partial charge on any atom is 0.421 e. The van der Waals surface area contributed by atoms with Gasteiger partial charge in [-0.1, -0.05) is 6.07 Å². The van der Waals surface area contributed by atoms with Gasteiger partial charge in [-0.05, 0) is 19.1 Å². The van der Waals surface area contributed by atoms with Crippen molar-refractivity contribution in [3.05, 3.63) is 47.5 Å². The molecule has 9 heteroatoms. The van der Waals surface area contributed by atoms with Crippen LogP contribution in [0.2, 0.25) is 0 Å². The van der Waals surface area contributed by atoms with E-state index < -0.39 is 11.7 Å². The first-order valence-electron chi connectivity index (χ1n) is 6.59. The van der Waals surface area contributed by atoms with Crippen LogP contribution in [0.1, 0.15) is 18.2 Å². The number of alkyl halides is 3. The molecule has 23 heavy (non-hydrogen) atoms. The predicted octanol–water partition coefficient (Wildman–Crippen LogP) is 2.69. The molecule has 0 aliphatic heterocycles. The number of halogens is 3. The summed E-state index contributed by atoms with van der Waals surface area (Å²) >= 11 is 0. The van der Waals surface area contributed by atoms with E-state index in [9.17, 15) is 13.2 Å². The quantitative estimate of drug-likeness (QED) is 0.801. The lowest BCUT2D eigenvalue weighted by Crippen LogP contribution is -2.14. The number of allylic oxidation sites excluding steroid dienone is 1. The predicted molar refractivity (Wildman–Crippen MR) is 81.2 cm³/mol. The standard InChI is InChI=1S/C14H15F3N6/c1-8(18)11(10-5-3-4-6-20-10)22-13-21-7-9(14(15,16)17)12(19-2)23-13/h3-7H,18H2,1-2H3,(H2,19,21,22,23)/b11-8+.